The lowest BCUT2D eigenvalue weighted by molar-refractivity contribution is -0.385. The van der Waals surface area contributed by atoms with Crippen LogP contribution in [0.5, 0.6) is 5.75 Å². The summed E-state index contributed by atoms with van der Waals surface area (Å²) in [6.07, 6.45) is 2.95. The molecule has 1 amide bonds. The Balaban J connectivity index is 2.23. The van der Waals surface area contributed by atoms with E-state index in [4.69, 9.17) is 4.74 Å². The number of carbonyl (C=O) groups is 1. The van der Waals surface area contributed by atoms with Crippen molar-refractivity contribution >= 4 is 17.4 Å². The number of ether oxygens (including phenoxy) is 1. The number of nitro benzene ring substituents is 1. The number of carbonyl (C=O) groups excluding carboxylic acids is 1. The maximum absolute atomic E-state index is 12.0. The highest BCUT2D eigenvalue weighted by molar-refractivity contribution is 6.04. The highest BCUT2D eigenvalue weighted by Gasteiger charge is 2.17. The monoisotopic (exact) mass is 288 g/mol. The van der Waals surface area contributed by atoms with Crippen LogP contribution in [-0.2, 0) is 0 Å². The van der Waals surface area contributed by atoms with E-state index in [1.807, 2.05) is 0 Å². The average Bonchev–Trinajstić information content (AvgIpc) is 2.48. The second kappa shape index (κ2) is 5.95. The van der Waals surface area contributed by atoms with E-state index < -0.39 is 10.8 Å². The Morgan fingerprint density at radius 3 is 2.67 bits per heavy atom. The first kappa shape index (κ1) is 14.4. The van der Waals surface area contributed by atoms with Crippen LogP contribution in [0.1, 0.15) is 16.1 Å². The third kappa shape index (κ3) is 3.30. The van der Waals surface area contributed by atoms with Crippen LogP contribution >= 0.6 is 0 Å². The molecule has 21 heavy (non-hydrogen) atoms. The molecule has 1 aromatic carbocycles. The summed E-state index contributed by atoms with van der Waals surface area (Å²) < 4.78 is 4.91. The van der Waals surface area contributed by atoms with Gasteiger partial charge in [0, 0.05) is 17.7 Å². The largest absolute Gasteiger partial charge is 0.490 e. The lowest BCUT2D eigenvalue weighted by Crippen LogP contribution is -2.13. The van der Waals surface area contributed by atoms with Crippen molar-refractivity contribution in [2.75, 3.05) is 12.4 Å². The number of nitrogens with one attached hydrogen (secondary N) is 1. The van der Waals surface area contributed by atoms with Crippen LogP contribution in [0.15, 0.2) is 30.6 Å². The lowest BCUT2D eigenvalue weighted by Gasteiger charge is -2.06. The van der Waals surface area contributed by atoms with Crippen LogP contribution in [0.3, 0.4) is 0 Å². The fourth-order valence-corrected chi connectivity index (χ4v) is 1.62. The van der Waals surface area contributed by atoms with Gasteiger partial charge < -0.3 is 10.1 Å². The third-order valence-electron chi connectivity index (χ3n) is 2.66. The topological polar surface area (TPSA) is 107 Å². The Morgan fingerprint density at radius 1 is 1.33 bits per heavy atom. The van der Waals surface area contributed by atoms with Crippen LogP contribution in [0.4, 0.5) is 11.5 Å². The number of aromatic nitrogens is 2. The highest BCUT2D eigenvalue weighted by Crippen LogP contribution is 2.27. The van der Waals surface area contributed by atoms with Gasteiger partial charge in [0.15, 0.2) is 11.6 Å². The van der Waals surface area contributed by atoms with E-state index in [-0.39, 0.29) is 17.0 Å². The zero-order valence-electron chi connectivity index (χ0n) is 11.4. The number of hydrogen-bond acceptors (Lipinski definition) is 6. The number of anilines is 1. The van der Waals surface area contributed by atoms with Gasteiger partial charge in [-0.3, -0.25) is 19.9 Å². The Hall–Kier alpha value is -3.03. The zero-order chi connectivity index (χ0) is 15.4. The molecule has 0 saturated carbocycles. The summed E-state index contributed by atoms with van der Waals surface area (Å²) in [5.41, 5.74) is 0.744. The van der Waals surface area contributed by atoms with Gasteiger partial charge in [-0.1, -0.05) is 0 Å². The number of amides is 1. The number of aryl methyl sites for hydroxylation is 1. The molecule has 0 spiro atoms. The van der Waals surface area contributed by atoms with E-state index in [1.165, 1.54) is 37.7 Å². The molecular formula is C13H12N4O4. The predicted molar refractivity (Wildman–Crippen MR) is 74.4 cm³/mol. The van der Waals surface area contributed by atoms with Crippen LogP contribution in [-0.4, -0.2) is 27.9 Å². The maximum atomic E-state index is 12.0. The van der Waals surface area contributed by atoms with Crippen molar-refractivity contribution in [2.24, 2.45) is 0 Å². The number of benzene rings is 1. The predicted octanol–water partition coefficient (Wildman–Crippen LogP) is 1.95. The standard InChI is InChI=1S/C13H12N4O4/c1-8-6-15-12(7-14-8)16-13(18)9-3-4-10(17(19)20)11(5-9)21-2/h3-7H,1-2H3,(H,15,16,18). The van der Waals surface area contributed by atoms with Crippen LogP contribution in [0.25, 0.3) is 0 Å². The normalized spacial score (nSPS) is 10.0. The van der Waals surface area contributed by atoms with Gasteiger partial charge in [-0.15, -0.1) is 0 Å². The molecule has 1 aromatic heterocycles. The van der Waals surface area contributed by atoms with Crippen molar-refractivity contribution in [3.05, 3.63) is 52.0 Å². The molecule has 0 aliphatic heterocycles. The summed E-state index contributed by atoms with van der Waals surface area (Å²) in [4.78, 5) is 30.3. The molecule has 0 aliphatic carbocycles. The molecule has 0 bridgehead atoms. The summed E-state index contributed by atoms with van der Waals surface area (Å²) >= 11 is 0. The van der Waals surface area contributed by atoms with Gasteiger partial charge in [-0.25, -0.2) is 4.98 Å². The van der Waals surface area contributed by atoms with Gasteiger partial charge in [-0.05, 0) is 13.0 Å². The molecule has 0 saturated heterocycles. The fraction of sp³-hybridized carbons (Fsp3) is 0.154. The van der Waals surface area contributed by atoms with E-state index >= 15 is 0 Å². The van der Waals surface area contributed by atoms with Crippen molar-refractivity contribution in [3.63, 3.8) is 0 Å². The van der Waals surface area contributed by atoms with Crippen molar-refractivity contribution < 1.29 is 14.5 Å². The second-order valence-corrected chi connectivity index (χ2v) is 4.14. The number of methoxy groups -OCH3 is 1. The van der Waals surface area contributed by atoms with E-state index in [0.717, 1.165) is 5.69 Å². The number of nitro groups is 1. The zero-order valence-corrected chi connectivity index (χ0v) is 11.4. The molecule has 0 fully saturated rings. The van der Waals surface area contributed by atoms with Gasteiger partial charge in [0.2, 0.25) is 0 Å². The molecule has 0 atom stereocenters. The molecule has 8 heteroatoms. The molecule has 0 radical (unpaired) electrons. The van der Waals surface area contributed by atoms with Gasteiger partial charge >= 0.3 is 5.69 Å². The molecule has 0 unspecified atom stereocenters. The number of hydrogen-bond donors (Lipinski definition) is 1. The molecule has 2 rings (SSSR count). The van der Waals surface area contributed by atoms with E-state index in [1.54, 1.807) is 6.92 Å². The molecule has 0 aliphatic rings. The molecule has 1 N–H and O–H groups in total. The molecular weight excluding hydrogens is 276 g/mol. The smallest absolute Gasteiger partial charge is 0.310 e. The maximum Gasteiger partial charge on any atom is 0.310 e. The first-order valence-corrected chi connectivity index (χ1v) is 5.93. The number of rotatable bonds is 4. The van der Waals surface area contributed by atoms with Crippen molar-refractivity contribution in [1.82, 2.24) is 9.97 Å². The molecule has 1 heterocycles. The van der Waals surface area contributed by atoms with E-state index in [2.05, 4.69) is 15.3 Å². The van der Waals surface area contributed by atoms with Crippen molar-refractivity contribution in [1.29, 1.82) is 0 Å². The van der Waals surface area contributed by atoms with Crippen molar-refractivity contribution in [2.45, 2.75) is 6.92 Å². The third-order valence-corrected chi connectivity index (χ3v) is 2.66. The SMILES string of the molecule is COc1cc(C(=O)Nc2cnc(C)cn2)ccc1[N+](=O)[O-]. The average molecular weight is 288 g/mol. The van der Waals surface area contributed by atoms with Crippen LogP contribution < -0.4 is 10.1 Å². The quantitative estimate of drug-likeness (QED) is 0.680. The summed E-state index contributed by atoms with van der Waals surface area (Å²) in [6, 6.07) is 3.86. The highest BCUT2D eigenvalue weighted by atomic mass is 16.6. The van der Waals surface area contributed by atoms with Gasteiger partial charge in [0.25, 0.3) is 5.91 Å². The fourth-order valence-electron chi connectivity index (χ4n) is 1.62. The summed E-state index contributed by atoms with van der Waals surface area (Å²) in [5.74, 6) is -0.146. The Morgan fingerprint density at radius 2 is 2.10 bits per heavy atom. The van der Waals surface area contributed by atoms with Crippen molar-refractivity contribution in [3.8, 4) is 5.75 Å². The lowest BCUT2D eigenvalue weighted by atomic mass is 10.2. The van der Waals surface area contributed by atoms with Crippen LogP contribution in [0, 0.1) is 17.0 Å². The van der Waals surface area contributed by atoms with Gasteiger partial charge in [-0.2, -0.15) is 0 Å². The molecule has 8 nitrogen and oxygen atoms in total. The van der Waals surface area contributed by atoms with Crippen LogP contribution in [0.2, 0.25) is 0 Å². The summed E-state index contributed by atoms with van der Waals surface area (Å²) in [6.45, 7) is 1.78. The Kier molecular flexibility index (Phi) is 4.07. The van der Waals surface area contributed by atoms with E-state index in [0.29, 0.717) is 5.82 Å². The minimum Gasteiger partial charge on any atom is -0.490 e. The van der Waals surface area contributed by atoms with E-state index in [9.17, 15) is 14.9 Å². The molecule has 108 valence electrons. The number of nitrogens with zero attached hydrogens (tertiary/aromatic N) is 3. The summed E-state index contributed by atoms with van der Waals surface area (Å²) in [5, 5.41) is 13.3. The Bertz CT molecular complexity index is 685. The Labute approximate surface area is 120 Å². The second-order valence-electron chi connectivity index (χ2n) is 4.14. The minimum absolute atomic E-state index is 0.0163. The first-order valence-electron chi connectivity index (χ1n) is 5.93. The summed E-state index contributed by atoms with van der Waals surface area (Å²) in [7, 11) is 1.30. The van der Waals surface area contributed by atoms with Gasteiger partial charge in [0.05, 0.1) is 30.1 Å². The van der Waals surface area contributed by atoms with Gasteiger partial charge in [0.1, 0.15) is 0 Å². The minimum atomic E-state index is -0.577. The first-order chi connectivity index (χ1) is 10.0. The molecule has 2 aromatic rings.